The highest BCUT2D eigenvalue weighted by Gasteiger charge is 2.28. The van der Waals surface area contributed by atoms with Crippen LogP contribution in [0.3, 0.4) is 0 Å². The van der Waals surface area contributed by atoms with Crippen molar-refractivity contribution in [3.05, 3.63) is 0 Å². The van der Waals surface area contributed by atoms with Gasteiger partial charge in [0.1, 0.15) is 12.8 Å². The number of hydrogen-bond donors (Lipinski definition) is 1. The lowest BCUT2D eigenvalue weighted by molar-refractivity contribution is -0.133. The van der Waals surface area contributed by atoms with Gasteiger partial charge in [-0.2, -0.15) is 0 Å². The maximum Gasteiger partial charge on any atom is 0.407 e. The van der Waals surface area contributed by atoms with Gasteiger partial charge in [-0.1, -0.05) is 13.8 Å². The highest BCUT2D eigenvalue weighted by molar-refractivity contribution is 5.84. The van der Waals surface area contributed by atoms with Crippen LogP contribution in [0.1, 0.15) is 26.7 Å². The van der Waals surface area contributed by atoms with E-state index in [4.69, 9.17) is 4.74 Å². The van der Waals surface area contributed by atoms with Gasteiger partial charge in [0.05, 0.1) is 12.6 Å². The normalized spacial score (nSPS) is 18.8. The summed E-state index contributed by atoms with van der Waals surface area (Å²) in [5.74, 6) is 0.00979. The van der Waals surface area contributed by atoms with Crippen LogP contribution in [0.25, 0.3) is 0 Å². The number of amides is 2. The zero-order chi connectivity index (χ0) is 13.5. The Bertz CT molecular complexity index is 317. The molecule has 1 fully saturated rings. The summed E-state index contributed by atoms with van der Waals surface area (Å²) in [6.07, 6.45) is 1.71. The molecule has 1 aliphatic heterocycles. The SMILES string of the molecule is CC(C)COC(=O)NCC(=O)N1CCC[C@H]1C=O. The fraction of sp³-hybridized carbons (Fsp3) is 0.750. The van der Waals surface area contributed by atoms with E-state index in [-0.39, 0.29) is 24.4 Å². The van der Waals surface area contributed by atoms with Crippen LogP contribution in [0.15, 0.2) is 0 Å². The standard InChI is InChI=1S/C12H20N2O4/c1-9(2)8-18-12(17)13-6-11(16)14-5-3-4-10(14)7-15/h7,9-10H,3-6,8H2,1-2H3,(H,13,17)/t10-/m0/s1. The highest BCUT2D eigenvalue weighted by Crippen LogP contribution is 2.14. The number of carbonyl (C=O) groups is 3. The van der Waals surface area contributed by atoms with Gasteiger partial charge in [0.2, 0.25) is 5.91 Å². The van der Waals surface area contributed by atoms with Crippen molar-refractivity contribution in [2.45, 2.75) is 32.7 Å². The van der Waals surface area contributed by atoms with E-state index >= 15 is 0 Å². The fourth-order valence-corrected chi connectivity index (χ4v) is 1.79. The van der Waals surface area contributed by atoms with Crippen LogP contribution in [-0.2, 0) is 14.3 Å². The summed E-state index contributed by atoms with van der Waals surface area (Å²) in [4.78, 5) is 35.2. The minimum absolute atomic E-state index is 0.124. The Morgan fingerprint density at radius 2 is 2.22 bits per heavy atom. The molecule has 0 unspecified atom stereocenters. The Balaban J connectivity index is 2.28. The van der Waals surface area contributed by atoms with Crippen molar-refractivity contribution < 1.29 is 19.1 Å². The molecule has 0 aliphatic carbocycles. The van der Waals surface area contributed by atoms with E-state index in [1.54, 1.807) is 0 Å². The van der Waals surface area contributed by atoms with E-state index in [9.17, 15) is 14.4 Å². The monoisotopic (exact) mass is 256 g/mol. The van der Waals surface area contributed by atoms with Crippen LogP contribution in [0, 0.1) is 5.92 Å². The highest BCUT2D eigenvalue weighted by atomic mass is 16.5. The van der Waals surface area contributed by atoms with Crippen LogP contribution < -0.4 is 5.32 Å². The molecule has 2 amide bonds. The van der Waals surface area contributed by atoms with Crippen molar-refractivity contribution in [2.75, 3.05) is 19.7 Å². The summed E-state index contributed by atoms with van der Waals surface area (Å²) in [7, 11) is 0. The maximum absolute atomic E-state index is 11.8. The van der Waals surface area contributed by atoms with Gasteiger partial charge in [-0.3, -0.25) is 4.79 Å². The van der Waals surface area contributed by atoms with E-state index in [0.717, 1.165) is 12.7 Å². The third-order valence-electron chi connectivity index (χ3n) is 2.71. The second-order valence-corrected chi connectivity index (χ2v) is 4.78. The Hall–Kier alpha value is -1.59. The van der Waals surface area contributed by atoms with Crippen molar-refractivity contribution in [2.24, 2.45) is 5.92 Å². The van der Waals surface area contributed by atoms with Gasteiger partial charge in [0.15, 0.2) is 0 Å². The number of rotatable bonds is 5. The average molecular weight is 256 g/mol. The molecule has 0 aromatic carbocycles. The Morgan fingerprint density at radius 3 is 2.83 bits per heavy atom. The Morgan fingerprint density at radius 1 is 1.50 bits per heavy atom. The number of nitrogens with zero attached hydrogens (tertiary/aromatic N) is 1. The second-order valence-electron chi connectivity index (χ2n) is 4.78. The molecule has 1 heterocycles. The molecule has 0 aromatic rings. The summed E-state index contributed by atoms with van der Waals surface area (Å²) in [6.45, 7) is 4.63. The van der Waals surface area contributed by atoms with Gasteiger partial charge in [-0.15, -0.1) is 0 Å². The number of nitrogens with one attached hydrogen (secondary N) is 1. The van der Waals surface area contributed by atoms with E-state index in [0.29, 0.717) is 19.6 Å². The zero-order valence-electron chi connectivity index (χ0n) is 10.8. The first-order valence-corrected chi connectivity index (χ1v) is 6.20. The molecule has 0 radical (unpaired) electrons. The van der Waals surface area contributed by atoms with Crippen molar-refractivity contribution in [1.82, 2.24) is 10.2 Å². The van der Waals surface area contributed by atoms with Crippen LogP contribution >= 0.6 is 0 Å². The van der Waals surface area contributed by atoms with Gasteiger partial charge < -0.3 is 19.7 Å². The summed E-state index contributed by atoms with van der Waals surface area (Å²) >= 11 is 0. The predicted molar refractivity (Wildman–Crippen MR) is 65.0 cm³/mol. The predicted octanol–water partition coefficient (Wildman–Crippen LogP) is 0.558. The van der Waals surface area contributed by atoms with Crippen LogP contribution in [-0.4, -0.2) is 48.9 Å². The number of ether oxygens (including phenoxy) is 1. The molecule has 6 heteroatoms. The summed E-state index contributed by atoms with van der Waals surface area (Å²) in [5, 5.41) is 2.39. The van der Waals surface area contributed by atoms with E-state index in [2.05, 4.69) is 5.32 Å². The average Bonchev–Trinajstić information content (AvgIpc) is 2.81. The molecule has 1 N–H and O–H groups in total. The topological polar surface area (TPSA) is 75.7 Å². The molecular weight excluding hydrogens is 236 g/mol. The minimum Gasteiger partial charge on any atom is -0.449 e. The number of hydrogen-bond acceptors (Lipinski definition) is 4. The Labute approximate surface area is 107 Å². The molecule has 1 saturated heterocycles. The molecular formula is C12H20N2O4. The first-order valence-electron chi connectivity index (χ1n) is 6.20. The summed E-state index contributed by atoms with van der Waals surface area (Å²) in [6, 6.07) is -0.342. The molecule has 0 bridgehead atoms. The number of carbonyl (C=O) groups excluding carboxylic acids is 3. The fourth-order valence-electron chi connectivity index (χ4n) is 1.79. The maximum atomic E-state index is 11.8. The lowest BCUT2D eigenvalue weighted by atomic mass is 10.2. The molecule has 18 heavy (non-hydrogen) atoms. The third-order valence-corrected chi connectivity index (χ3v) is 2.71. The summed E-state index contributed by atoms with van der Waals surface area (Å²) < 4.78 is 4.88. The van der Waals surface area contributed by atoms with Crippen molar-refractivity contribution in [3.63, 3.8) is 0 Å². The zero-order valence-corrected chi connectivity index (χ0v) is 10.8. The quantitative estimate of drug-likeness (QED) is 0.729. The lowest BCUT2D eigenvalue weighted by Gasteiger charge is -2.20. The van der Waals surface area contributed by atoms with Gasteiger partial charge in [0.25, 0.3) is 0 Å². The van der Waals surface area contributed by atoms with Gasteiger partial charge in [-0.05, 0) is 18.8 Å². The van der Waals surface area contributed by atoms with Crippen molar-refractivity contribution >= 4 is 18.3 Å². The molecule has 6 nitrogen and oxygen atoms in total. The number of likely N-dealkylation sites (tertiary alicyclic amines) is 1. The molecule has 0 aromatic heterocycles. The molecule has 102 valence electrons. The molecule has 1 rings (SSSR count). The van der Waals surface area contributed by atoms with Crippen LogP contribution in [0.5, 0.6) is 0 Å². The minimum atomic E-state index is -0.598. The first kappa shape index (κ1) is 14.5. The Kier molecular flexibility index (Phi) is 5.61. The number of alkyl carbamates (subject to hydrolysis) is 1. The van der Waals surface area contributed by atoms with E-state index in [1.807, 2.05) is 13.8 Å². The van der Waals surface area contributed by atoms with Gasteiger partial charge >= 0.3 is 6.09 Å². The number of aldehydes is 1. The van der Waals surface area contributed by atoms with Gasteiger partial charge in [0, 0.05) is 6.54 Å². The van der Waals surface area contributed by atoms with E-state index < -0.39 is 6.09 Å². The smallest absolute Gasteiger partial charge is 0.407 e. The largest absolute Gasteiger partial charge is 0.449 e. The van der Waals surface area contributed by atoms with Gasteiger partial charge in [-0.25, -0.2) is 4.79 Å². The molecule has 1 aliphatic rings. The first-order chi connectivity index (χ1) is 8.54. The van der Waals surface area contributed by atoms with Crippen LogP contribution in [0.4, 0.5) is 4.79 Å². The van der Waals surface area contributed by atoms with Crippen molar-refractivity contribution in [3.8, 4) is 0 Å². The molecule has 0 spiro atoms. The van der Waals surface area contributed by atoms with Crippen molar-refractivity contribution in [1.29, 1.82) is 0 Å². The molecule has 0 saturated carbocycles. The molecule has 1 atom stereocenters. The second kappa shape index (κ2) is 6.98. The lowest BCUT2D eigenvalue weighted by Crippen LogP contribution is -2.43. The third kappa shape index (κ3) is 4.35. The summed E-state index contributed by atoms with van der Waals surface area (Å²) in [5.41, 5.74) is 0. The van der Waals surface area contributed by atoms with Crippen LogP contribution in [0.2, 0.25) is 0 Å². The van der Waals surface area contributed by atoms with E-state index in [1.165, 1.54) is 4.90 Å².